The fraction of sp³-hybridized carbons (Fsp3) is 0.471. The Morgan fingerprint density at radius 2 is 1.88 bits per heavy atom. The number of carbonyl (C=O) groups is 1. The number of amides is 1. The second kappa shape index (κ2) is 6.48. The van der Waals surface area contributed by atoms with Crippen LogP contribution < -0.4 is 0 Å². The number of benzene rings is 1. The lowest BCUT2D eigenvalue weighted by molar-refractivity contribution is 0.0344. The molecule has 2 aliphatic heterocycles. The van der Waals surface area contributed by atoms with Crippen molar-refractivity contribution in [3.63, 3.8) is 0 Å². The largest absolute Gasteiger partial charge is 0.330 e. The van der Waals surface area contributed by atoms with Crippen molar-refractivity contribution in [1.82, 2.24) is 24.8 Å². The molecule has 26 heavy (non-hydrogen) atoms. The maximum absolute atomic E-state index is 13.0. The molecule has 0 bridgehead atoms. The number of likely N-dealkylation sites (N-methyl/N-ethyl adjacent to an activating group) is 1. The van der Waals surface area contributed by atoms with E-state index in [2.05, 4.69) is 15.2 Å². The molecule has 0 N–H and O–H groups in total. The minimum Gasteiger partial charge on any atom is -0.330 e. The third-order valence-electron chi connectivity index (χ3n) is 5.19. The number of piperazine rings is 1. The molecule has 2 aliphatic rings. The number of sulfone groups is 1. The minimum atomic E-state index is -3.14. The predicted molar refractivity (Wildman–Crippen MR) is 95.9 cm³/mol. The van der Waals surface area contributed by atoms with Gasteiger partial charge in [0.1, 0.15) is 0 Å². The number of carbonyl (C=O) groups excluding carboxylic acids is 1. The lowest BCUT2D eigenvalue weighted by atomic mass is 10.0. The van der Waals surface area contributed by atoms with Crippen LogP contribution in [0.5, 0.6) is 0 Å². The van der Waals surface area contributed by atoms with Gasteiger partial charge in [-0.05, 0) is 18.7 Å². The van der Waals surface area contributed by atoms with Gasteiger partial charge in [0.25, 0.3) is 5.91 Å². The van der Waals surface area contributed by atoms with E-state index in [1.807, 2.05) is 37.3 Å². The van der Waals surface area contributed by atoms with E-state index in [9.17, 15) is 13.2 Å². The van der Waals surface area contributed by atoms with Crippen molar-refractivity contribution in [2.24, 2.45) is 0 Å². The van der Waals surface area contributed by atoms with Crippen LogP contribution in [0, 0.1) is 0 Å². The molecule has 9 heteroatoms. The van der Waals surface area contributed by atoms with E-state index in [4.69, 9.17) is 0 Å². The topological polar surface area (TPSA) is 88.4 Å². The van der Waals surface area contributed by atoms with Crippen LogP contribution >= 0.6 is 0 Å². The summed E-state index contributed by atoms with van der Waals surface area (Å²) in [5.74, 6) is -0.117. The molecule has 0 saturated carbocycles. The van der Waals surface area contributed by atoms with Crippen molar-refractivity contribution in [3.05, 3.63) is 42.2 Å². The van der Waals surface area contributed by atoms with Gasteiger partial charge in [0.15, 0.2) is 15.5 Å². The zero-order valence-electron chi connectivity index (χ0n) is 14.5. The Morgan fingerprint density at radius 3 is 2.62 bits per heavy atom. The summed E-state index contributed by atoms with van der Waals surface area (Å²) in [5.41, 5.74) is 1.05. The van der Waals surface area contributed by atoms with E-state index < -0.39 is 9.84 Å². The Kier molecular flexibility index (Phi) is 4.28. The van der Waals surface area contributed by atoms with Crippen LogP contribution in [0.1, 0.15) is 17.4 Å². The molecule has 138 valence electrons. The van der Waals surface area contributed by atoms with Gasteiger partial charge in [0.2, 0.25) is 0 Å². The standard InChI is InChI=1S/C17H21N5O3S/c1-2-20-8-9-21(16-12-26(24,25)11-15(16)20)17(23)14-10-22(19-18-14)13-6-4-3-5-7-13/h3-7,10,15-16H,2,8-9,11-12H2,1H3. The zero-order chi connectivity index (χ0) is 18.3. The van der Waals surface area contributed by atoms with Crippen LogP contribution in [-0.4, -0.2) is 82.3 Å². The Balaban J connectivity index is 1.59. The number of fused-ring (bicyclic) bond motifs is 1. The van der Waals surface area contributed by atoms with E-state index in [1.165, 1.54) is 0 Å². The highest BCUT2D eigenvalue weighted by molar-refractivity contribution is 7.91. The van der Waals surface area contributed by atoms with E-state index in [-0.39, 0.29) is 35.2 Å². The fourth-order valence-electron chi connectivity index (χ4n) is 3.89. The maximum atomic E-state index is 13.0. The summed E-state index contributed by atoms with van der Waals surface area (Å²) in [7, 11) is -3.14. The fourth-order valence-corrected chi connectivity index (χ4v) is 5.90. The van der Waals surface area contributed by atoms with Gasteiger partial charge in [-0.25, -0.2) is 13.1 Å². The van der Waals surface area contributed by atoms with Crippen molar-refractivity contribution in [1.29, 1.82) is 0 Å². The predicted octanol–water partition coefficient (Wildman–Crippen LogP) is 0.211. The van der Waals surface area contributed by atoms with Gasteiger partial charge in [0, 0.05) is 19.1 Å². The molecule has 4 rings (SSSR count). The number of para-hydroxylation sites is 1. The second-order valence-corrected chi connectivity index (χ2v) is 8.88. The molecule has 2 atom stereocenters. The van der Waals surface area contributed by atoms with E-state index in [0.717, 1.165) is 12.2 Å². The van der Waals surface area contributed by atoms with Crippen molar-refractivity contribution < 1.29 is 13.2 Å². The smallest absolute Gasteiger partial charge is 0.276 e. The summed E-state index contributed by atoms with van der Waals surface area (Å²) >= 11 is 0. The molecule has 3 heterocycles. The lowest BCUT2D eigenvalue weighted by Crippen LogP contribution is -2.60. The molecule has 2 fully saturated rings. The molecule has 0 radical (unpaired) electrons. The molecule has 0 spiro atoms. The normalized spacial score (nSPS) is 25.2. The van der Waals surface area contributed by atoms with Crippen LogP contribution in [0.4, 0.5) is 0 Å². The van der Waals surface area contributed by atoms with Gasteiger partial charge in [-0.3, -0.25) is 9.69 Å². The van der Waals surface area contributed by atoms with Crippen LogP contribution in [0.3, 0.4) is 0 Å². The van der Waals surface area contributed by atoms with Crippen molar-refractivity contribution in [3.8, 4) is 5.69 Å². The molecule has 2 unspecified atom stereocenters. The second-order valence-electron chi connectivity index (χ2n) is 6.72. The molecule has 1 aromatic heterocycles. The first kappa shape index (κ1) is 17.2. The van der Waals surface area contributed by atoms with Crippen LogP contribution in [0.2, 0.25) is 0 Å². The molecular formula is C17H21N5O3S. The van der Waals surface area contributed by atoms with E-state index >= 15 is 0 Å². The Labute approximate surface area is 152 Å². The van der Waals surface area contributed by atoms with Crippen LogP contribution in [-0.2, 0) is 9.84 Å². The average Bonchev–Trinajstić information content (AvgIpc) is 3.24. The first-order valence-electron chi connectivity index (χ1n) is 8.72. The van der Waals surface area contributed by atoms with E-state index in [0.29, 0.717) is 13.1 Å². The number of hydrogen-bond donors (Lipinski definition) is 0. The summed E-state index contributed by atoms with van der Waals surface area (Å²) in [6.07, 6.45) is 1.60. The molecule has 2 saturated heterocycles. The van der Waals surface area contributed by atoms with Gasteiger partial charge >= 0.3 is 0 Å². The van der Waals surface area contributed by atoms with Crippen LogP contribution in [0.15, 0.2) is 36.5 Å². The van der Waals surface area contributed by atoms with Gasteiger partial charge in [-0.1, -0.05) is 30.3 Å². The summed E-state index contributed by atoms with van der Waals surface area (Å²) in [6, 6.07) is 8.98. The Hall–Kier alpha value is -2.26. The molecule has 2 aromatic rings. The molecule has 0 aliphatic carbocycles. The zero-order valence-corrected chi connectivity index (χ0v) is 15.3. The Bertz CT molecular complexity index is 911. The molecule has 8 nitrogen and oxygen atoms in total. The summed E-state index contributed by atoms with van der Waals surface area (Å²) < 4.78 is 25.9. The maximum Gasteiger partial charge on any atom is 0.276 e. The third-order valence-corrected chi connectivity index (χ3v) is 6.89. The quantitative estimate of drug-likeness (QED) is 0.762. The van der Waals surface area contributed by atoms with Gasteiger partial charge in [-0.15, -0.1) is 5.10 Å². The van der Waals surface area contributed by atoms with E-state index in [1.54, 1.807) is 15.8 Å². The monoisotopic (exact) mass is 375 g/mol. The highest BCUT2D eigenvalue weighted by Gasteiger charge is 2.48. The van der Waals surface area contributed by atoms with Gasteiger partial charge < -0.3 is 4.90 Å². The summed E-state index contributed by atoms with van der Waals surface area (Å²) in [6.45, 7) is 3.97. The van der Waals surface area contributed by atoms with Crippen molar-refractivity contribution in [2.75, 3.05) is 31.1 Å². The van der Waals surface area contributed by atoms with Gasteiger partial charge in [-0.2, -0.15) is 0 Å². The Morgan fingerprint density at radius 1 is 1.15 bits per heavy atom. The number of rotatable bonds is 3. The minimum absolute atomic E-state index is 0.0206. The van der Waals surface area contributed by atoms with Gasteiger partial charge in [0.05, 0.1) is 29.4 Å². The average molecular weight is 375 g/mol. The summed E-state index contributed by atoms with van der Waals surface area (Å²) in [4.78, 5) is 16.8. The number of hydrogen-bond acceptors (Lipinski definition) is 6. The van der Waals surface area contributed by atoms with Crippen LogP contribution in [0.25, 0.3) is 5.69 Å². The molecular weight excluding hydrogens is 354 g/mol. The lowest BCUT2D eigenvalue weighted by Gasteiger charge is -2.43. The van der Waals surface area contributed by atoms with Crippen molar-refractivity contribution >= 4 is 15.7 Å². The molecule has 1 aromatic carbocycles. The highest BCUT2D eigenvalue weighted by Crippen LogP contribution is 2.27. The number of nitrogens with zero attached hydrogens (tertiary/aromatic N) is 5. The first-order valence-corrected chi connectivity index (χ1v) is 10.5. The first-order chi connectivity index (χ1) is 12.5. The third kappa shape index (κ3) is 3.01. The highest BCUT2D eigenvalue weighted by atomic mass is 32.2. The summed E-state index contributed by atoms with van der Waals surface area (Å²) in [5, 5.41) is 8.05. The molecule has 1 amide bonds. The van der Waals surface area contributed by atoms with Crippen molar-refractivity contribution in [2.45, 2.75) is 19.0 Å². The SMILES string of the molecule is CCN1CCN(C(=O)c2cn(-c3ccccc3)nn2)C2CS(=O)(=O)CC21. The number of aromatic nitrogens is 3.